The third-order valence-corrected chi connectivity index (χ3v) is 6.80. The first-order valence-electron chi connectivity index (χ1n) is 13.0. The Hall–Kier alpha value is -4.86. The van der Waals surface area contributed by atoms with Gasteiger partial charge >= 0.3 is 11.7 Å². The third kappa shape index (κ3) is 5.13. The number of aromatic amines is 1. The number of carbonyl (C=O) groups is 1. The molecule has 0 unspecified atom stereocenters. The molecule has 0 spiro atoms. The molecule has 3 heterocycles. The summed E-state index contributed by atoms with van der Waals surface area (Å²) in [5, 5.41) is 23.9. The molecule has 0 saturated heterocycles. The Labute approximate surface area is 225 Å². The number of unbranched alkanes of at least 4 members (excludes halogenated alkanes) is 1. The molecule has 0 saturated carbocycles. The van der Waals surface area contributed by atoms with Crippen LogP contribution in [0, 0.1) is 0 Å². The number of para-hydroxylation sites is 1. The molecule has 2 aromatic carbocycles. The fourth-order valence-corrected chi connectivity index (χ4v) is 4.81. The second-order valence-electron chi connectivity index (χ2n) is 9.28. The van der Waals surface area contributed by atoms with Crippen LogP contribution in [0.15, 0.2) is 71.8 Å². The topological polar surface area (TPSA) is 132 Å². The molecule has 0 bridgehead atoms. The molecule has 5 rings (SSSR count). The number of carboxylic acid groups (broad SMARTS) is 1. The molecule has 0 aliphatic heterocycles. The van der Waals surface area contributed by atoms with E-state index in [0.717, 1.165) is 47.2 Å². The molecule has 5 aromatic rings. The molecule has 10 heteroatoms. The number of aryl methyl sites for hydroxylation is 2. The van der Waals surface area contributed by atoms with Crippen LogP contribution >= 0.6 is 0 Å². The van der Waals surface area contributed by atoms with E-state index >= 15 is 0 Å². The maximum absolute atomic E-state index is 13.8. The lowest BCUT2D eigenvalue weighted by molar-refractivity contribution is 0.0696. The SMILES string of the molecule is CCCCc1cn(-c2c(CC)cccc2C(=O)O)c(=O)n1Cc1ccc(-c2cccnc2-c2nnn[nH]2)cc1. The lowest BCUT2D eigenvalue weighted by Gasteiger charge is -2.12. The van der Waals surface area contributed by atoms with Gasteiger partial charge in [0.1, 0.15) is 5.69 Å². The maximum atomic E-state index is 13.8. The number of benzene rings is 2. The zero-order valence-electron chi connectivity index (χ0n) is 21.8. The Bertz CT molecular complexity index is 1650. The van der Waals surface area contributed by atoms with Crippen molar-refractivity contribution in [1.82, 2.24) is 34.7 Å². The number of imidazole rings is 1. The number of rotatable bonds is 10. The predicted octanol–water partition coefficient (Wildman–Crippen LogP) is 4.53. The quantitative estimate of drug-likeness (QED) is 0.275. The molecule has 198 valence electrons. The van der Waals surface area contributed by atoms with Crippen molar-refractivity contribution in [3.63, 3.8) is 0 Å². The number of hydrogen-bond acceptors (Lipinski definition) is 6. The van der Waals surface area contributed by atoms with Gasteiger partial charge in [0.15, 0.2) is 5.82 Å². The molecule has 0 fully saturated rings. The number of nitrogens with zero attached hydrogens (tertiary/aromatic N) is 6. The highest BCUT2D eigenvalue weighted by Gasteiger charge is 2.20. The van der Waals surface area contributed by atoms with Gasteiger partial charge in [-0.1, -0.05) is 62.7 Å². The van der Waals surface area contributed by atoms with Crippen LogP contribution in [0.25, 0.3) is 28.3 Å². The van der Waals surface area contributed by atoms with Crippen molar-refractivity contribution in [2.24, 2.45) is 0 Å². The van der Waals surface area contributed by atoms with E-state index in [1.165, 1.54) is 4.57 Å². The summed E-state index contributed by atoms with van der Waals surface area (Å²) in [6, 6.07) is 16.9. The largest absolute Gasteiger partial charge is 0.478 e. The van der Waals surface area contributed by atoms with Gasteiger partial charge < -0.3 is 5.11 Å². The van der Waals surface area contributed by atoms with E-state index < -0.39 is 5.97 Å². The Morgan fingerprint density at radius 3 is 2.56 bits per heavy atom. The van der Waals surface area contributed by atoms with Crippen LogP contribution in [0.2, 0.25) is 0 Å². The van der Waals surface area contributed by atoms with Gasteiger partial charge in [-0.15, -0.1) is 5.10 Å². The number of aromatic carboxylic acids is 1. The first-order chi connectivity index (χ1) is 19.0. The summed E-state index contributed by atoms with van der Waals surface area (Å²) in [5.74, 6) is -0.572. The predicted molar refractivity (Wildman–Crippen MR) is 147 cm³/mol. The van der Waals surface area contributed by atoms with Crippen molar-refractivity contribution < 1.29 is 9.90 Å². The first-order valence-corrected chi connectivity index (χ1v) is 13.0. The van der Waals surface area contributed by atoms with E-state index in [1.54, 1.807) is 29.1 Å². The van der Waals surface area contributed by atoms with Crippen molar-refractivity contribution >= 4 is 5.97 Å². The summed E-state index contributed by atoms with van der Waals surface area (Å²) in [5.41, 5.74) is 5.42. The fraction of sp³-hybridized carbons (Fsp3) is 0.241. The number of hydrogen-bond donors (Lipinski definition) is 2. The molecular formula is C29H29N7O3. The second-order valence-corrected chi connectivity index (χ2v) is 9.28. The van der Waals surface area contributed by atoms with Gasteiger partial charge in [0.05, 0.1) is 17.8 Å². The van der Waals surface area contributed by atoms with Crippen LogP contribution < -0.4 is 5.69 Å². The number of nitrogens with one attached hydrogen (secondary N) is 1. The molecule has 0 atom stereocenters. The lowest BCUT2D eigenvalue weighted by atomic mass is 10.0. The summed E-state index contributed by atoms with van der Waals surface area (Å²) in [4.78, 5) is 30.2. The minimum absolute atomic E-state index is 0.120. The molecule has 2 N–H and O–H groups in total. The average molecular weight is 524 g/mol. The van der Waals surface area contributed by atoms with Crippen molar-refractivity contribution in [2.75, 3.05) is 0 Å². The van der Waals surface area contributed by atoms with Gasteiger partial charge in [-0.2, -0.15) is 0 Å². The zero-order valence-corrected chi connectivity index (χ0v) is 21.8. The van der Waals surface area contributed by atoms with Crippen molar-refractivity contribution in [2.45, 2.75) is 46.1 Å². The van der Waals surface area contributed by atoms with Gasteiger partial charge in [0.2, 0.25) is 0 Å². The van der Waals surface area contributed by atoms with Crippen LogP contribution in [0.4, 0.5) is 0 Å². The summed E-state index contributed by atoms with van der Waals surface area (Å²) in [6.07, 6.45) is 6.73. The standard InChI is InChI=1S/C29H29N7O3/c1-3-5-9-22-18-36(26-20(4-2)8-6-10-24(26)28(37)38)29(39)35(22)17-19-12-14-21(15-13-19)23-11-7-16-30-25(23)27-31-33-34-32-27/h6-8,10-16,18H,3-5,9,17H2,1-2H3,(H,37,38)(H,31,32,33,34). The smallest absolute Gasteiger partial charge is 0.337 e. The van der Waals surface area contributed by atoms with Crippen LogP contribution in [0.1, 0.15) is 53.9 Å². The van der Waals surface area contributed by atoms with Crippen molar-refractivity contribution in [1.29, 1.82) is 0 Å². The normalized spacial score (nSPS) is 11.1. The van der Waals surface area contributed by atoms with Crippen LogP contribution in [0.5, 0.6) is 0 Å². The average Bonchev–Trinajstić information content (AvgIpc) is 3.61. The minimum atomic E-state index is -1.05. The highest BCUT2D eigenvalue weighted by Crippen LogP contribution is 2.28. The Kier molecular flexibility index (Phi) is 7.44. The number of pyridine rings is 1. The van der Waals surface area contributed by atoms with Gasteiger partial charge in [-0.25, -0.2) is 14.7 Å². The molecule has 0 aliphatic carbocycles. The minimum Gasteiger partial charge on any atom is -0.478 e. The summed E-state index contributed by atoms with van der Waals surface area (Å²) in [6.45, 7) is 4.43. The van der Waals surface area contributed by atoms with Crippen LogP contribution in [0.3, 0.4) is 0 Å². The summed E-state index contributed by atoms with van der Waals surface area (Å²) < 4.78 is 3.26. The fourth-order valence-electron chi connectivity index (χ4n) is 4.81. The molecule has 0 radical (unpaired) electrons. The molecule has 10 nitrogen and oxygen atoms in total. The summed E-state index contributed by atoms with van der Waals surface area (Å²) in [7, 11) is 0. The van der Waals surface area contributed by atoms with E-state index in [-0.39, 0.29) is 11.3 Å². The number of carboxylic acids is 1. The molecule has 39 heavy (non-hydrogen) atoms. The van der Waals surface area contributed by atoms with E-state index in [1.807, 2.05) is 49.4 Å². The molecule has 3 aromatic heterocycles. The Morgan fingerprint density at radius 2 is 1.87 bits per heavy atom. The van der Waals surface area contributed by atoms with Gasteiger partial charge in [0, 0.05) is 23.7 Å². The first kappa shape index (κ1) is 25.8. The number of tetrazole rings is 1. The highest BCUT2D eigenvalue weighted by molar-refractivity contribution is 5.92. The number of aromatic nitrogens is 7. The molecule has 0 aliphatic rings. The Balaban J connectivity index is 1.53. The van der Waals surface area contributed by atoms with Crippen LogP contribution in [-0.2, 0) is 19.4 Å². The van der Waals surface area contributed by atoms with Crippen molar-refractivity contribution in [3.8, 4) is 28.3 Å². The Morgan fingerprint density at radius 1 is 1.05 bits per heavy atom. The van der Waals surface area contributed by atoms with Crippen molar-refractivity contribution in [3.05, 3.63) is 99.9 Å². The van der Waals surface area contributed by atoms with E-state index in [9.17, 15) is 14.7 Å². The van der Waals surface area contributed by atoms with Gasteiger partial charge in [-0.05, 0) is 58.5 Å². The summed E-state index contributed by atoms with van der Waals surface area (Å²) >= 11 is 0. The van der Waals surface area contributed by atoms with E-state index in [4.69, 9.17) is 0 Å². The van der Waals surface area contributed by atoms with Gasteiger partial charge in [0.25, 0.3) is 0 Å². The monoisotopic (exact) mass is 523 g/mol. The van der Waals surface area contributed by atoms with Gasteiger partial charge in [-0.3, -0.25) is 14.1 Å². The maximum Gasteiger partial charge on any atom is 0.337 e. The van der Waals surface area contributed by atoms with E-state index in [0.29, 0.717) is 30.2 Å². The molecule has 0 amide bonds. The zero-order chi connectivity index (χ0) is 27.4. The highest BCUT2D eigenvalue weighted by atomic mass is 16.4. The van der Waals surface area contributed by atoms with E-state index in [2.05, 4.69) is 32.5 Å². The third-order valence-electron chi connectivity index (χ3n) is 6.80. The second kappa shape index (κ2) is 11.3. The molecular weight excluding hydrogens is 494 g/mol. The lowest BCUT2D eigenvalue weighted by Crippen LogP contribution is -2.26. The van der Waals surface area contributed by atoms with Crippen LogP contribution in [-0.4, -0.2) is 45.8 Å². The number of H-pyrrole nitrogens is 1.